The summed E-state index contributed by atoms with van der Waals surface area (Å²) in [5, 5.41) is 15.4. The number of anilines is 1. The summed E-state index contributed by atoms with van der Waals surface area (Å²) in [5.41, 5.74) is 0. The van der Waals surface area contributed by atoms with Crippen LogP contribution < -0.4 is 4.90 Å². The molecule has 1 saturated heterocycles. The van der Waals surface area contributed by atoms with E-state index < -0.39 is 0 Å². The van der Waals surface area contributed by atoms with E-state index in [1.807, 2.05) is 0 Å². The van der Waals surface area contributed by atoms with Gasteiger partial charge in [-0.15, -0.1) is 10.2 Å². The Bertz CT molecular complexity index is 521. The normalized spacial score (nSPS) is 20.2. The van der Waals surface area contributed by atoms with Crippen molar-refractivity contribution in [1.29, 1.82) is 0 Å². The van der Waals surface area contributed by atoms with Crippen molar-refractivity contribution in [3.63, 3.8) is 0 Å². The molecule has 0 spiro atoms. The Morgan fingerprint density at radius 3 is 3.00 bits per heavy atom. The highest BCUT2D eigenvalue weighted by Gasteiger charge is 2.26. The molecule has 2 aromatic heterocycles. The molecule has 1 aliphatic rings. The van der Waals surface area contributed by atoms with Gasteiger partial charge in [-0.05, 0) is 12.8 Å². The largest absolute Gasteiger partial charge is 0.346 e. The molecule has 1 atom stereocenters. The lowest BCUT2D eigenvalue weighted by atomic mass is 9.98. The zero-order chi connectivity index (χ0) is 13.2. The lowest BCUT2D eigenvalue weighted by Crippen LogP contribution is -2.34. The zero-order valence-corrected chi connectivity index (χ0v) is 11.9. The molecule has 7 nitrogen and oxygen atoms in total. The minimum atomic E-state index is 0.332. The molecule has 102 valence electrons. The van der Waals surface area contributed by atoms with Crippen LogP contribution in [0.5, 0.6) is 0 Å². The predicted octanol–water partition coefficient (Wildman–Crippen LogP) is 1.56. The van der Waals surface area contributed by atoms with Crippen LogP contribution in [0.4, 0.5) is 5.13 Å². The third-order valence-electron chi connectivity index (χ3n) is 3.37. The molecule has 19 heavy (non-hydrogen) atoms. The number of tetrazole rings is 1. The molecule has 1 aliphatic heterocycles. The van der Waals surface area contributed by atoms with Crippen LogP contribution in [0.1, 0.15) is 50.2 Å². The number of nitrogens with zero attached hydrogens (tertiary/aromatic N) is 6. The highest BCUT2D eigenvalue weighted by atomic mass is 32.1. The average Bonchev–Trinajstić information content (AvgIpc) is 3.10. The first-order valence-corrected chi connectivity index (χ1v) is 7.33. The van der Waals surface area contributed by atoms with Crippen molar-refractivity contribution in [3.05, 3.63) is 11.6 Å². The first-order chi connectivity index (χ1) is 9.24. The maximum absolute atomic E-state index is 4.62. The first kappa shape index (κ1) is 12.5. The Kier molecular flexibility index (Phi) is 3.41. The van der Waals surface area contributed by atoms with E-state index in [9.17, 15) is 0 Å². The van der Waals surface area contributed by atoms with E-state index in [-0.39, 0.29) is 0 Å². The van der Waals surface area contributed by atoms with Crippen molar-refractivity contribution in [2.75, 3.05) is 18.0 Å². The topological polar surface area (TPSA) is 83.5 Å². The number of piperidine rings is 1. The molecule has 8 heteroatoms. The molecule has 0 saturated carbocycles. The van der Waals surface area contributed by atoms with Crippen molar-refractivity contribution in [2.24, 2.45) is 0 Å². The van der Waals surface area contributed by atoms with Gasteiger partial charge in [-0.1, -0.05) is 19.1 Å². The van der Waals surface area contributed by atoms with Gasteiger partial charge in [0.05, 0.1) is 0 Å². The van der Waals surface area contributed by atoms with Crippen molar-refractivity contribution in [1.82, 2.24) is 30.0 Å². The van der Waals surface area contributed by atoms with Crippen LogP contribution in [0, 0.1) is 0 Å². The molecule has 0 radical (unpaired) electrons. The van der Waals surface area contributed by atoms with Crippen molar-refractivity contribution in [2.45, 2.75) is 38.5 Å². The van der Waals surface area contributed by atoms with E-state index in [2.05, 4.69) is 48.7 Å². The van der Waals surface area contributed by atoms with Crippen LogP contribution in [0.25, 0.3) is 0 Å². The van der Waals surface area contributed by atoms with Gasteiger partial charge in [0.15, 0.2) is 5.82 Å². The number of hydrogen-bond donors (Lipinski definition) is 1. The highest BCUT2D eigenvalue weighted by Crippen LogP contribution is 2.29. The second kappa shape index (κ2) is 5.20. The number of rotatable bonds is 3. The second-order valence-electron chi connectivity index (χ2n) is 5.15. The van der Waals surface area contributed by atoms with Crippen LogP contribution in [-0.4, -0.2) is 43.1 Å². The first-order valence-electron chi connectivity index (χ1n) is 6.56. The molecule has 0 aromatic carbocycles. The molecule has 0 unspecified atom stereocenters. The van der Waals surface area contributed by atoms with Crippen LogP contribution in [0.15, 0.2) is 0 Å². The standard InChI is InChI=1S/C11H17N7S/c1-7(2)9-12-11(19-15-9)18-5-3-4-8(6-18)10-13-16-17-14-10/h7-8H,3-6H2,1-2H3,(H,13,14,16,17)/t8-/m0/s1. The van der Waals surface area contributed by atoms with Crippen LogP contribution >= 0.6 is 11.5 Å². The van der Waals surface area contributed by atoms with Crippen molar-refractivity contribution >= 4 is 16.7 Å². The molecule has 1 N–H and O–H groups in total. The Labute approximate surface area is 115 Å². The molecule has 2 aromatic rings. The monoisotopic (exact) mass is 279 g/mol. The summed E-state index contributed by atoms with van der Waals surface area (Å²) >= 11 is 1.48. The molecular weight excluding hydrogens is 262 g/mol. The number of aromatic nitrogens is 6. The van der Waals surface area contributed by atoms with Gasteiger partial charge in [-0.25, -0.2) is 4.98 Å². The molecule has 0 bridgehead atoms. The van der Waals surface area contributed by atoms with Crippen LogP contribution in [0.2, 0.25) is 0 Å². The zero-order valence-electron chi connectivity index (χ0n) is 11.1. The molecular formula is C11H17N7S. The lowest BCUT2D eigenvalue weighted by molar-refractivity contribution is 0.491. The molecule has 0 amide bonds. The van der Waals surface area contributed by atoms with Gasteiger partial charge in [0.25, 0.3) is 0 Å². The van der Waals surface area contributed by atoms with E-state index in [1.54, 1.807) is 0 Å². The molecule has 3 rings (SSSR count). The van der Waals surface area contributed by atoms with Gasteiger partial charge in [0, 0.05) is 36.5 Å². The van der Waals surface area contributed by atoms with E-state index in [0.29, 0.717) is 11.8 Å². The highest BCUT2D eigenvalue weighted by molar-refractivity contribution is 7.09. The minimum absolute atomic E-state index is 0.332. The Balaban J connectivity index is 1.74. The summed E-state index contributed by atoms with van der Waals surface area (Å²) in [5.74, 6) is 2.45. The van der Waals surface area contributed by atoms with Gasteiger partial charge in [0.2, 0.25) is 5.13 Å². The quantitative estimate of drug-likeness (QED) is 0.918. The maximum atomic E-state index is 4.62. The van der Waals surface area contributed by atoms with Gasteiger partial charge >= 0.3 is 0 Å². The Morgan fingerprint density at radius 2 is 2.32 bits per heavy atom. The van der Waals surface area contributed by atoms with E-state index in [0.717, 1.165) is 42.7 Å². The summed E-state index contributed by atoms with van der Waals surface area (Å²) in [7, 11) is 0. The smallest absolute Gasteiger partial charge is 0.205 e. The average molecular weight is 279 g/mol. The SMILES string of the molecule is CC(C)c1nsc(N2CCC[C@H](c3nn[nH]n3)C2)n1. The summed E-state index contributed by atoms with van der Waals surface area (Å²) in [6.07, 6.45) is 2.22. The van der Waals surface area contributed by atoms with E-state index in [4.69, 9.17) is 0 Å². The van der Waals surface area contributed by atoms with Crippen LogP contribution in [0.3, 0.4) is 0 Å². The Morgan fingerprint density at radius 1 is 1.42 bits per heavy atom. The predicted molar refractivity (Wildman–Crippen MR) is 72.4 cm³/mol. The fourth-order valence-electron chi connectivity index (χ4n) is 2.29. The molecule has 1 fully saturated rings. The summed E-state index contributed by atoms with van der Waals surface area (Å²) in [4.78, 5) is 6.90. The fraction of sp³-hybridized carbons (Fsp3) is 0.727. The lowest BCUT2D eigenvalue weighted by Gasteiger charge is -2.30. The fourth-order valence-corrected chi connectivity index (χ4v) is 3.14. The minimum Gasteiger partial charge on any atom is -0.346 e. The summed E-state index contributed by atoms with van der Waals surface area (Å²) in [6, 6.07) is 0. The summed E-state index contributed by atoms with van der Waals surface area (Å²) in [6.45, 7) is 6.15. The van der Waals surface area contributed by atoms with Gasteiger partial charge < -0.3 is 4.90 Å². The van der Waals surface area contributed by atoms with Gasteiger partial charge in [-0.2, -0.15) is 9.59 Å². The van der Waals surface area contributed by atoms with E-state index >= 15 is 0 Å². The molecule has 0 aliphatic carbocycles. The second-order valence-corrected chi connectivity index (χ2v) is 5.88. The van der Waals surface area contributed by atoms with Crippen molar-refractivity contribution in [3.8, 4) is 0 Å². The number of H-pyrrole nitrogens is 1. The number of nitrogens with one attached hydrogen (secondary N) is 1. The van der Waals surface area contributed by atoms with Crippen LogP contribution in [-0.2, 0) is 0 Å². The van der Waals surface area contributed by atoms with Gasteiger partial charge in [0.1, 0.15) is 5.82 Å². The number of aromatic amines is 1. The third kappa shape index (κ3) is 2.58. The summed E-state index contributed by atoms with van der Waals surface area (Å²) < 4.78 is 4.42. The van der Waals surface area contributed by atoms with Crippen molar-refractivity contribution < 1.29 is 0 Å². The maximum Gasteiger partial charge on any atom is 0.205 e. The molecule has 3 heterocycles. The van der Waals surface area contributed by atoms with Gasteiger partial charge in [-0.3, -0.25) is 0 Å². The number of hydrogen-bond acceptors (Lipinski definition) is 7. The van der Waals surface area contributed by atoms with E-state index in [1.165, 1.54) is 11.5 Å². The Hall–Kier alpha value is -1.57. The third-order valence-corrected chi connectivity index (χ3v) is 4.16.